The van der Waals surface area contributed by atoms with E-state index in [1.165, 1.54) is 12.1 Å². The summed E-state index contributed by atoms with van der Waals surface area (Å²) >= 11 is 0. The average Bonchev–Trinajstić information content (AvgIpc) is 3.29. The minimum absolute atomic E-state index is 0.0557. The molecule has 1 atom stereocenters. The van der Waals surface area contributed by atoms with E-state index in [1.54, 1.807) is 12.1 Å². The van der Waals surface area contributed by atoms with Gasteiger partial charge in [-0.1, -0.05) is 72.8 Å². The van der Waals surface area contributed by atoms with Gasteiger partial charge in [-0.25, -0.2) is 4.79 Å². The van der Waals surface area contributed by atoms with Crippen molar-refractivity contribution < 1.29 is 24.2 Å². The van der Waals surface area contributed by atoms with Crippen LogP contribution in [0.15, 0.2) is 85.1 Å². The number of aromatic nitrogens is 1. The number of fused-ring (bicyclic) bond motifs is 1. The van der Waals surface area contributed by atoms with Gasteiger partial charge in [-0.05, 0) is 28.3 Å². The Morgan fingerprint density at radius 1 is 0.886 bits per heavy atom. The van der Waals surface area contributed by atoms with Crippen LogP contribution in [0.3, 0.4) is 0 Å². The van der Waals surface area contributed by atoms with E-state index in [0.29, 0.717) is 5.56 Å². The number of H-pyrrole nitrogens is 1. The molecule has 0 bridgehead atoms. The van der Waals surface area contributed by atoms with Crippen LogP contribution in [0.1, 0.15) is 27.0 Å². The fourth-order valence-corrected chi connectivity index (χ4v) is 3.71. The molecular weight excluding hydrogens is 446 g/mol. The van der Waals surface area contributed by atoms with Crippen molar-refractivity contribution >= 4 is 28.9 Å². The number of benzene rings is 3. The Hall–Kier alpha value is -4.59. The number of para-hydroxylation sites is 1. The normalized spacial score (nSPS) is 11.5. The highest BCUT2D eigenvalue weighted by molar-refractivity contribution is 5.88. The van der Waals surface area contributed by atoms with Crippen LogP contribution in [0, 0.1) is 0 Å². The Balaban J connectivity index is 1.44. The summed E-state index contributed by atoms with van der Waals surface area (Å²) in [7, 11) is 0. The molecule has 0 fully saturated rings. The maximum atomic E-state index is 13.1. The van der Waals surface area contributed by atoms with E-state index in [9.17, 15) is 19.5 Å². The number of nitrogens with one attached hydrogen (secondary N) is 3. The predicted octanol–water partition coefficient (Wildman–Crippen LogP) is 2.69. The Bertz CT molecular complexity index is 1320. The summed E-state index contributed by atoms with van der Waals surface area (Å²) in [6.07, 6.45) is 1.37. The van der Waals surface area contributed by atoms with Crippen molar-refractivity contribution in [1.29, 1.82) is 0 Å². The third-order valence-corrected chi connectivity index (χ3v) is 5.58. The van der Waals surface area contributed by atoms with Gasteiger partial charge in [-0.3, -0.25) is 4.79 Å². The highest BCUT2D eigenvalue weighted by Gasteiger charge is 2.23. The van der Waals surface area contributed by atoms with Crippen LogP contribution in [0.25, 0.3) is 10.9 Å². The van der Waals surface area contributed by atoms with Gasteiger partial charge in [-0.15, -0.1) is 0 Å². The summed E-state index contributed by atoms with van der Waals surface area (Å²) in [4.78, 5) is 39.7. The van der Waals surface area contributed by atoms with Gasteiger partial charge in [0.15, 0.2) is 0 Å². The molecule has 3 aromatic carbocycles. The van der Waals surface area contributed by atoms with Crippen LogP contribution < -0.4 is 15.7 Å². The lowest BCUT2D eigenvalue weighted by molar-refractivity contribution is -0.255. The second kappa shape index (κ2) is 11.0. The van der Waals surface area contributed by atoms with Gasteiger partial charge in [-0.2, -0.15) is 0 Å². The fourth-order valence-electron chi connectivity index (χ4n) is 3.71. The molecule has 0 aliphatic rings. The number of amides is 2. The standard InChI is InChI=1S/C27H25N3O5/c31-25(29-15-18-10-12-20(13-11-18)26(32)33)24(14-21-16-28-23-9-5-4-8-22(21)23)30-27(34)35-17-19-6-2-1-3-7-19/h1-13,16,24,28H,14-15,17H2,(H,29,31)(H,30,34)(H,32,33)/p-1/t24-/m1/s1. The summed E-state index contributed by atoms with van der Waals surface area (Å²) in [5.74, 6) is -1.66. The maximum Gasteiger partial charge on any atom is 0.408 e. The van der Waals surface area contributed by atoms with Crippen LogP contribution in [0.2, 0.25) is 0 Å². The third kappa shape index (κ3) is 6.26. The fraction of sp³-hybridized carbons (Fsp3) is 0.148. The monoisotopic (exact) mass is 470 g/mol. The number of carboxylic acid groups (broad SMARTS) is 1. The molecule has 4 aromatic rings. The quantitative estimate of drug-likeness (QED) is 0.347. The number of hydrogen-bond donors (Lipinski definition) is 3. The molecule has 35 heavy (non-hydrogen) atoms. The summed E-state index contributed by atoms with van der Waals surface area (Å²) in [5, 5.41) is 17.4. The number of rotatable bonds is 9. The number of carbonyl (C=O) groups is 3. The molecule has 0 spiro atoms. The summed E-state index contributed by atoms with van der Waals surface area (Å²) in [6.45, 7) is 0.246. The van der Waals surface area contributed by atoms with Crippen LogP contribution in [-0.4, -0.2) is 29.0 Å². The Kier molecular flexibility index (Phi) is 7.42. The van der Waals surface area contributed by atoms with Crippen molar-refractivity contribution in [2.45, 2.75) is 25.6 Å². The van der Waals surface area contributed by atoms with Gasteiger partial charge < -0.3 is 30.3 Å². The zero-order chi connectivity index (χ0) is 24.6. The van der Waals surface area contributed by atoms with Crippen molar-refractivity contribution in [3.63, 3.8) is 0 Å². The van der Waals surface area contributed by atoms with E-state index >= 15 is 0 Å². The van der Waals surface area contributed by atoms with Gasteiger partial charge in [0.2, 0.25) is 5.91 Å². The lowest BCUT2D eigenvalue weighted by atomic mass is 10.0. The Morgan fingerprint density at radius 3 is 2.34 bits per heavy atom. The first-order valence-corrected chi connectivity index (χ1v) is 11.1. The SMILES string of the molecule is O=C(N[C@H](Cc1c[nH]c2ccccc12)C(=O)NCc1ccc(C(=O)[O-])cc1)OCc1ccccc1. The van der Waals surface area contributed by atoms with Gasteiger partial charge >= 0.3 is 6.09 Å². The molecule has 0 saturated carbocycles. The number of ether oxygens (including phenoxy) is 1. The Morgan fingerprint density at radius 2 is 1.60 bits per heavy atom. The highest BCUT2D eigenvalue weighted by Crippen LogP contribution is 2.19. The molecule has 1 heterocycles. The van der Waals surface area contributed by atoms with E-state index in [1.807, 2.05) is 60.8 Å². The van der Waals surface area contributed by atoms with Crippen molar-refractivity contribution in [3.05, 3.63) is 107 Å². The molecule has 4 rings (SSSR count). The molecule has 8 nitrogen and oxygen atoms in total. The Labute approximate surface area is 201 Å². The molecule has 0 radical (unpaired) electrons. The van der Waals surface area contributed by atoms with E-state index in [4.69, 9.17) is 4.74 Å². The zero-order valence-corrected chi connectivity index (χ0v) is 18.8. The molecule has 0 unspecified atom stereocenters. The number of alkyl carbamates (subject to hydrolysis) is 1. The van der Waals surface area contributed by atoms with Crippen LogP contribution >= 0.6 is 0 Å². The number of hydrogen-bond acceptors (Lipinski definition) is 5. The van der Waals surface area contributed by atoms with E-state index < -0.39 is 24.0 Å². The van der Waals surface area contributed by atoms with Gasteiger partial charge in [0.1, 0.15) is 12.6 Å². The first-order valence-electron chi connectivity index (χ1n) is 11.1. The molecule has 1 aromatic heterocycles. The van der Waals surface area contributed by atoms with Crippen molar-refractivity contribution in [1.82, 2.24) is 15.6 Å². The number of carbonyl (C=O) groups excluding carboxylic acids is 3. The molecule has 0 aliphatic carbocycles. The number of carboxylic acids is 1. The van der Waals surface area contributed by atoms with Crippen LogP contribution in [-0.2, 0) is 29.1 Å². The molecular formula is C27H24N3O5-. The molecule has 0 aliphatic heterocycles. The first-order chi connectivity index (χ1) is 17.0. The predicted molar refractivity (Wildman–Crippen MR) is 128 cm³/mol. The van der Waals surface area contributed by atoms with Crippen molar-refractivity contribution in [2.24, 2.45) is 0 Å². The maximum absolute atomic E-state index is 13.1. The molecule has 8 heteroatoms. The summed E-state index contributed by atoms with van der Waals surface area (Å²) < 4.78 is 5.31. The zero-order valence-electron chi connectivity index (χ0n) is 18.8. The van der Waals surface area contributed by atoms with E-state index in [-0.39, 0.29) is 25.1 Å². The smallest absolute Gasteiger partial charge is 0.408 e. The average molecular weight is 471 g/mol. The van der Waals surface area contributed by atoms with Gasteiger partial charge in [0, 0.05) is 30.1 Å². The van der Waals surface area contributed by atoms with Crippen LogP contribution in [0.4, 0.5) is 4.79 Å². The van der Waals surface area contributed by atoms with Gasteiger partial charge in [0.05, 0.1) is 5.97 Å². The summed E-state index contributed by atoms with van der Waals surface area (Å²) in [6, 6.07) is 22.1. The lowest BCUT2D eigenvalue weighted by Gasteiger charge is -2.18. The summed E-state index contributed by atoms with van der Waals surface area (Å²) in [5.41, 5.74) is 3.41. The van der Waals surface area contributed by atoms with Crippen molar-refractivity contribution in [3.8, 4) is 0 Å². The third-order valence-electron chi connectivity index (χ3n) is 5.58. The topological polar surface area (TPSA) is 123 Å². The second-order valence-electron chi connectivity index (χ2n) is 8.02. The molecule has 0 saturated heterocycles. The lowest BCUT2D eigenvalue weighted by Crippen LogP contribution is -2.48. The number of aromatic amines is 1. The molecule has 2 amide bonds. The molecule has 3 N–H and O–H groups in total. The van der Waals surface area contributed by atoms with Gasteiger partial charge in [0.25, 0.3) is 0 Å². The molecule has 178 valence electrons. The van der Waals surface area contributed by atoms with E-state index in [2.05, 4.69) is 15.6 Å². The minimum Gasteiger partial charge on any atom is -0.545 e. The largest absolute Gasteiger partial charge is 0.545 e. The second-order valence-corrected chi connectivity index (χ2v) is 8.02. The van der Waals surface area contributed by atoms with E-state index in [0.717, 1.165) is 22.0 Å². The first kappa shape index (κ1) is 23.6. The minimum atomic E-state index is -1.27. The number of aromatic carboxylic acids is 1. The van der Waals surface area contributed by atoms with Crippen molar-refractivity contribution in [2.75, 3.05) is 0 Å². The highest BCUT2D eigenvalue weighted by atomic mass is 16.5. The van der Waals surface area contributed by atoms with Crippen LogP contribution in [0.5, 0.6) is 0 Å².